The molecule has 114 valence electrons. The molecule has 2 aromatic rings. The molecule has 0 atom stereocenters. The third kappa shape index (κ3) is 3.51. The molecule has 0 unspecified atom stereocenters. The molecule has 0 aliphatic carbocycles. The maximum Gasteiger partial charge on any atom is 0.265 e. The van der Waals surface area contributed by atoms with Crippen molar-refractivity contribution in [1.29, 1.82) is 0 Å². The zero-order chi connectivity index (χ0) is 15.6. The molecular weight excluding hydrogens is 284 g/mol. The van der Waals surface area contributed by atoms with Crippen molar-refractivity contribution in [3.63, 3.8) is 0 Å². The predicted molar refractivity (Wildman–Crippen MR) is 88.9 cm³/mol. The van der Waals surface area contributed by atoms with E-state index in [1.165, 1.54) is 11.3 Å². The van der Waals surface area contributed by atoms with Crippen LogP contribution in [0.3, 0.4) is 0 Å². The summed E-state index contributed by atoms with van der Waals surface area (Å²) in [7, 11) is 5.88. The van der Waals surface area contributed by atoms with Crippen LogP contribution in [0.15, 0.2) is 12.1 Å². The molecule has 0 saturated heterocycles. The molecule has 2 N–H and O–H groups in total. The fourth-order valence-corrected chi connectivity index (χ4v) is 3.28. The van der Waals surface area contributed by atoms with Crippen LogP contribution in [0, 0.1) is 6.92 Å². The van der Waals surface area contributed by atoms with E-state index >= 15 is 0 Å². The van der Waals surface area contributed by atoms with Gasteiger partial charge in [-0.05, 0) is 46.1 Å². The van der Waals surface area contributed by atoms with Crippen LogP contribution in [0.5, 0.6) is 0 Å². The lowest BCUT2D eigenvalue weighted by Gasteiger charge is -2.18. The summed E-state index contributed by atoms with van der Waals surface area (Å²) in [6.45, 7) is 3.61. The fraction of sp³-hybridized carbons (Fsp3) is 0.467. The number of thiophene rings is 1. The highest BCUT2D eigenvalue weighted by Gasteiger charge is 2.20. The number of hydrogen-bond donors (Lipinski definition) is 1. The Morgan fingerprint density at radius 1 is 1.29 bits per heavy atom. The van der Waals surface area contributed by atoms with Gasteiger partial charge in [-0.2, -0.15) is 0 Å². The van der Waals surface area contributed by atoms with Gasteiger partial charge in [-0.15, -0.1) is 11.3 Å². The third-order valence-electron chi connectivity index (χ3n) is 3.37. The molecule has 0 aliphatic rings. The number of rotatable bonds is 5. The largest absolute Gasteiger partial charge is 0.397 e. The lowest BCUT2D eigenvalue weighted by molar-refractivity contribution is 0.0796. The maximum absolute atomic E-state index is 12.5. The van der Waals surface area contributed by atoms with Crippen molar-refractivity contribution < 1.29 is 4.79 Å². The van der Waals surface area contributed by atoms with E-state index in [0.29, 0.717) is 10.6 Å². The topological polar surface area (TPSA) is 62.5 Å². The first kappa shape index (κ1) is 15.7. The van der Waals surface area contributed by atoms with E-state index in [-0.39, 0.29) is 5.91 Å². The number of nitrogens with zero attached hydrogens (tertiary/aromatic N) is 3. The third-order valence-corrected chi connectivity index (χ3v) is 4.48. The molecule has 5 nitrogen and oxygen atoms in total. The van der Waals surface area contributed by atoms with Crippen LogP contribution < -0.4 is 5.73 Å². The number of nitrogen functional groups attached to an aromatic ring is 1. The summed E-state index contributed by atoms with van der Waals surface area (Å²) in [5, 5.41) is 0.871. The molecule has 2 rings (SSSR count). The normalized spacial score (nSPS) is 11.3. The average molecular weight is 306 g/mol. The van der Waals surface area contributed by atoms with Gasteiger partial charge in [0.25, 0.3) is 5.91 Å². The summed E-state index contributed by atoms with van der Waals surface area (Å²) in [5.74, 6) is -0.0214. The van der Waals surface area contributed by atoms with Crippen molar-refractivity contribution in [3.8, 4) is 0 Å². The molecule has 0 bridgehead atoms. The zero-order valence-electron chi connectivity index (χ0n) is 13.0. The Bertz CT molecular complexity index is 650. The number of amides is 1. The molecule has 0 saturated carbocycles. The number of aromatic nitrogens is 1. The van der Waals surface area contributed by atoms with Crippen molar-refractivity contribution in [2.45, 2.75) is 13.3 Å². The summed E-state index contributed by atoms with van der Waals surface area (Å²) < 4.78 is 0. The Morgan fingerprint density at radius 2 is 2.00 bits per heavy atom. The summed E-state index contributed by atoms with van der Waals surface area (Å²) in [6, 6.07) is 3.85. The minimum absolute atomic E-state index is 0.0214. The Morgan fingerprint density at radius 3 is 2.67 bits per heavy atom. The number of anilines is 1. The number of pyridine rings is 1. The van der Waals surface area contributed by atoms with Gasteiger partial charge >= 0.3 is 0 Å². The van der Waals surface area contributed by atoms with Crippen LogP contribution in [0.25, 0.3) is 10.2 Å². The lowest BCUT2D eigenvalue weighted by Crippen LogP contribution is -2.29. The SMILES string of the molecule is Cc1ccc2c(N)c(C(=O)N(C)CCCN(C)C)sc2n1. The van der Waals surface area contributed by atoms with Gasteiger partial charge in [0.2, 0.25) is 0 Å². The van der Waals surface area contributed by atoms with Gasteiger partial charge in [-0.1, -0.05) is 0 Å². The molecule has 6 heteroatoms. The predicted octanol–water partition coefficient (Wildman–Crippen LogP) is 2.21. The van der Waals surface area contributed by atoms with Crippen molar-refractivity contribution in [2.24, 2.45) is 0 Å². The summed E-state index contributed by atoms with van der Waals surface area (Å²) in [4.78, 5) is 22.2. The van der Waals surface area contributed by atoms with Crippen LogP contribution >= 0.6 is 11.3 Å². The number of carbonyl (C=O) groups excluding carboxylic acids is 1. The molecular formula is C15H22N4OS. The van der Waals surface area contributed by atoms with Crippen molar-refractivity contribution in [1.82, 2.24) is 14.8 Å². The van der Waals surface area contributed by atoms with Crippen molar-refractivity contribution in [3.05, 3.63) is 22.7 Å². The lowest BCUT2D eigenvalue weighted by atomic mass is 10.2. The second kappa shape index (κ2) is 6.41. The van der Waals surface area contributed by atoms with E-state index in [2.05, 4.69) is 9.88 Å². The molecule has 0 radical (unpaired) electrons. The smallest absolute Gasteiger partial charge is 0.265 e. The highest BCUT2D eigenvalue weighted by Crippen LogP contribution is 2.33. The number of aryl methyl sites for hydroxylation is 1. The first-order valence-corrected chi connectivity index (χ1v) is 7.77. The maximum atomic E-state index is 12.5. The van der Waals surface area contributed by atoms with Crippen LogP contribution in [0.4, 0.5) is 5.69 Å². The summed E-state index contributed by atoms with van der Waals surface area (Å²) in [6.07, 6.45) is 0.942. The van der Waals surface area contributed by atoms with Gasteiger partial charge in [0, 0.05) is 24.7 Å². The fourth-order valence-electron chi connectivity index (χ4n) is 2.15. The second-order valence-electron chi connectivity index (χ2n) is 5.53. The molecule has 2 heterocycles. The van der Waals surface area contributed by atoms with E-state index < -0.39 is 0 Å². The number of nitrogens with two attached hydrogens (primary N) is 1. The second-order valence-corrected chi connectivity index (χ2v) is 6.53. The van der Waals surface area contributed by atoms with Gasteiger partial charge in [0.1, 0.15) is 9.71 Å². The van der Waals surface area contributed by atoms with E-state index in [1.807, 2.05) is 40.2 Å². The van der Waals surface area contributed by atoms with Gasteiger partial charge in [-0.25, -0.2) is 4.98 Å². The standard InChI is InChI=1S/C15H22N4OS/c1-10-6-7-11-12(16)13(21-14(11)17-10)15(20)19(4)9-5-8-18(2)3/h6-7H,5,8-9,16H2,1-4H3. The molecule has 21 heavy (non-hydrogen) atoms. The Hall–Kier alpha value is -1.66. The van der Waals surface area contributed by atoms with Gasteiger partial charge in [0.05, 0.1) is 5.69 Å². The van der Waals surface area contributed by atoms with Crippen molar-refractivity contribution >= 4 is 33.1 Å². The number of fused-ring (bicyclic) bond motifs is 1. The Kier molecular flexibility index (Phi) is 4.80. The van der Waals surface area contributed by atoms with E-state index in [9.17, 15) is 4.79 Å². The highest BCUT2D eigenvalue weighted by molar-refractivity contribution is 7.21. The van der Waals surface area contributed by atoms with Crippen LogP contribution in [0.1, 0.15) is 21.8 Å². The quantitative estimate of drug-likeness (QED) is 0.920. The Balaban J connectivity index is 2.17. The highest BCUT2D eigenvalue weighted by atomic mass is 32.1. The van der Waals surface area contributed by atoms with Crippen LogP contribution in [-0.2, 0) is 0 Å². The molecule has 2 aromatic heterocycles. The molecule has 0 aromatic carbocycles. The number of carbonyl (C=O) groups is 1. The van der Waals surface area contributed by atoms with Crippen LogP contribution in [0.2, 0.25) is 0 Å². The first-order valence-electron chi connectivity index (χ1n) is 6.96. The van der Waals surface area contributed by atoms with E-state index in [1.54, 1.807) is 4.90 Å². The average Bonchev–Trinajstić information content (AvgIpc) is 2.74. The van der Waals surface area contributed by atoms with E-state index in [4.69, 9.17) is 5.73 Å². The van der Waals surface area contributed by atoms with Crippen molar-refractivity contribution in [2.75, 3.05) is 40.0 Å². The Labute approximate surface area is 129 Å². The summed E-state index contributed by atoms with van der Waals surface area (Å²) >= 11 is 1.38. The molecule has 1 amide bonds. The summed E-state index contributed by atoms with van der Waals surface area (Å²) in [5.41, 5.74) is 7.60. The minimum atomic E-state index is -0.0214. The molecule has 0 aliphatic heterocycles. The first-order chi connectivity index (χ1) is 9.90. The van der Waals surface area contributed by atoms with Gasteiger partial charge in [0.15, 0.2) is 0 Å². The molecule has 0 spiro atoms. The number of hydrogen-bond acceptors (Lipinski definition) is 5. The minimum Gasteiger partial charge on any atom is -0.397 e. The zero-order valence-corrected chi connectivity index (χ0v) is 13.8. The van der Waals surface area contributed by atoms with Crippen LogP contribution in [-0.4, -0.2) is 54.9 Å². The molecule has 0 fully saturated rings. The monoisotopic (exact) mass is 306 g/mol. The van der Waals surface area contributed by atoms with Gasteiger partial charge in [-0.3, -0.25) is 4.79 Å². The van der Waals surface area contributed by atoms with E-state index in [0.717, 1.165) is 35.4 Å². The van der Waals surface area contributed by atoms with Gasteiger partial charge < -0.3 is 15.5 Å².